The number of rotatable bonds is 2. The van der Waals surface area contributed by atoms with E-state index in [1.165, 1.54) is 25.1 Å². The Kier molecular flexibility index (Phi) is 5.01. The monoisotopic (exact) mass is 256 g/mol. The van der Waals surface area contributed by atoms with Crippen LogP contribution in [-0.2, 0) is 6.54 Å². The van der Waals surface area contributed by atoms with Crippen molar-refractivity contribution < 1.29 is 0 Å². The quantitative estimate of drug-likeness (QED) is 0.824. The van der Waals surface area contributed by atoms with Crippen LogP contribution in [0.3, 0.4) is 0 Å². The van der Waals surface area contributed by atoms with Gasteiger partial charge in [-0.2, -0.15) is 0 Å². The van der Waals surface area contributed by atoms with E-state index in [4.69, 9.17) is 5.73 Å². The zero-order valence-electron chi connectivity index (χ0n) is 12.0. The summed E-state index contributed by atoms with van der Waals surface area (Å²) >= 11 is 0. The Balaban J connectivity index is 1.92. The highest BCUT2D eigenvalue weighted by atomic mass is 15.1. The lowest BCUT2D eigenvalue weighted by Crippen LogP contribution is -2.37. The first kappa shape index (κ1) is 14.1. The highest BCUT2D eigenvalue weighted by Crippen LogP contribution is 2.23. The van der Waals surface area contributed by atoms with Crippen molar-refractivity contribution in [3.8, 4) is 11.8 Å². The molecule has 1 aliphatic rings. The minimum absolute atomic E-state index is 0.422. The van der Waals surface area contributed by atoms with Crippen molar-refractivity contribution in [3.05, 3.63) is 35.4 Å². The van der Waals surface area contributed by atoms with Crippen LogP contribution in [0.15, 0.2) is 24.3 Å². The maximum atomic E-state index is 5.37. The molecule has 1 aromatic carbocycles. The molecule has 1 aliphatic heterocycles. The van der Waals surface area contributed by atoms with Gasteiger partial charge >= 0.3 is 0 Å². The number of likely N-dealkylation sites (tertiary alicyclic amines) is 1. The first-order valence-electron chi connectivity index (χ1n) is 7.19. The van der Waals surface area contributed by atoms with Crippen molar-refractivity contribution in [1.82, 2.24) is 4.90 Å². The van der Waals surface area contributed by atoms with E-state index in [1.807, 2.05) is 0 Å². The highest BCUT2D eigenvalue weighted by molar-refractivity contribution is 5.36. The third kappa shape index (κ3) is 4.09. The van der Waals surface area contributed by atoms with Crippen LogP contribution < -0.4 is 5.73 Å². The summed E-state index contributed by atoms with van der Waals surface area (Å²) < 4.78 is 0. The SMILES string of the molecule is CC1CCN(Cc2ccc(C#CCN)cc2)CC1C. The molecular weight excluding hydrogens is 232 g/mol. The van der Waals surface area contributed by atoms with Gasteiger partial charge in [-0.15, -0.1) is 0 Å². The van der Waals surface area contributed by atoms with E-state index >= 15 is 0 Å². The second-order valence-corrected chi connectivity index (χ2v) is 5.68. The van der Waals surface area contributed by atoms with E-state index in [2.05, 4.69) is 54.9 Å². The molecule has 1 aromatic rings. The smallest absolute Gasteiger partial charge is 0.0555 e. The highest BCUT2D eigenvalue weighted by Gasteiger charge is 2.22. The van der Waals surface area contributed by atoms with Gasteiger partial charge in [0.05, 0.1) is 6.54 Å². The van der Waals surface area contributed by atoms with E-state index in [0.717, 1.165) is 23.9 Å². The molecule has 0 saturated carbocycles. The lowest BCUT2D eigenvalue weighted by atomic mass is 9.88. The molecular formula is C17H24N2. The molecule has 2 heteroatoms. The Labute approximate surface area is 117 Å². The van der Waals surface area contributed by atoms with E-state index < -0.39 is 0 Å². The fraction of sp³-hybridized carbons (Fsp3) is 0.529. The molecule has 0 radical (unpaired) electrons. The van der Waals surface area contributed by atoms with E-state index in [9.17, 15) is 0 Å². The molecule has 1 fully saturated rings. The number of hydrogen-bond donors (Lipinski definition) is 1. The van der Waals surface area contributed by atoms with E-state index in [1.54, 1.807) is 0 Å². The zero-order valence-corrected chi connectivity index (χ0v) is 12.0. The van der Waals surface area contributed by atoms with E-state index in [-0.39, 0.29) is 0 Å². The van der Waals surface area contributed by atoms with Crippen molar-refractivity contribution >= 4 is 0 Å². The molecule has 0 aromatic heterocycles. The minimum atomic E-state index is 0.422. The van der Waals surface area contributed by atoms with Crippen molar-refractivity contribution in [1.29, 1.82) is 0 Å². The van der Waals surface area contributed by atoms with Gasteiger partial charge in [0.2, 0.25) is 0 Å². The van der Waals surface area contributed by atoms with E-state index in [0.29, 0.717) is 6.54 Å². The molecule has 0 amide bonds. The third-order valence-corrected chi connectivity index (χ3v) is 4.11. The largest absolute Gasteiger partial charge is 0.320 e. The first-order valence-corrected chi connectivity index (χ1v) is 7.19. The van der Waals surface area contributed by atoms with Crippen LogP contribution in [0.2, 0.25) is 0 Å². The van der Waals surface area contributed by atoms with Gasteiger partial charge in [0, 0.05) is 18.7 Å². The summed E-state index contributed by atoms with van der Waals surface area (Å²) in [6, 6.07) is 8.55. The number of piperidine rings is 1. The van der Waals surface area contributed by atoms with Crippen LogP contribution >= 0.6 is 0 Å². The van der Waals surface area contributed by atoms with Crippen LogP contribution in [0, 0.1) is 23.7 Å². The number of benzene rings is 1. The topological polar surface area (TPSA) is 29.3 Å². The lowest BCUT2D eigenvalue weighted by molar-refractivity contribution is 0.132. The summed E-state index contributed by atoms with van der Waals surface area (Å²) in [7, 11) is 0. The van der Waals surface area contributed by atoms with Crippen LogP contribution in [-0.4, -0.2) is 24.5 Å². The van der Waals surface area contributed by atoms with Crippen molar-refractivity contribution in [2.75, 3.05) is 19.6 Å². The fourth-order valence-corrected chi connectivity index (χ4v) is 2.60. The summed E-state index contributed by atoms with van der Waals surface area (Å²) in [4.78, 5) is 2.56. The normalized spacial score (nSPS) is 23.7. The Morgan fingerprint density at radius 1 is 1.21 bits per heavy atom. The summed E-state index contributed by atoms with van der Waals surface area (Å²) in [5.41, 5.74) is 7.80. The van der Waals surface area contributed by atoms with Crippen LogP contribution in [0.1, 0.15) is 31.4 Å². The predicted molar refractivity (Wildman–Crippen MR) is 80.6 cm³/mol. The predicted octanol–water partition coefficient (Wildman–Crippen LogP) is 2.47. The van der Waals surface area contributed by atoms with Gasteiger partial charge in [-0.25, -0.2) is 0 Å². The van der Waals surface area contributed by atoms with Crippen LogP contribution in [0.5, 0.6) is 0 Å². The summed E-state index contributed by atoms with van der Waals surface area (Å²) in [6.45, 7) is 8.65. The standard InChI is InChI=1S/C17H24N2/c1-14-9-11-19(12-15(14)2)13-17-7-5-16(6-8-17)4-3-10-18/h5-8,14-15H,9-13,18H2,1-2H3. The Morgan fingerprint density at radius 2 is 1.95 bits per heavy atom. The maximum absolute atomic E-state index is 5.37. The molecule has 1 saturated heterocycles. The van der Waals surface area contributed by atoms with Gasteiger partial charge in [0.15, 0.2) is 0 Å². The Bertz CT molecular complexity index is 452. The minimum Gasteiger partial charge on any atom is -0.320 e. The molecule has 1 heterocycles. The molecule has 0 spiro atoms. The maximum Gasteiger partial charge on any atom is 0.0555 e. The molecule has 102 valence electrons. The number of nitrogens with zero attached hydrogens (tertiary/aromatic N) is 1. The molecule has 2 nitrogen and oxygen atoms in total. The molecule has 19 heavy (non-hydrogen) atoms. The van der Waals surface area contributed by atoms with Crippen LogP contribution in [0.25, 0.3) is 0 Å². The van der Waals surface area contributed by atoms with Gasteiger partial charge < -0.3 is 5.73 Å². The second-order valence-electron chi connectivity index (χ2n) is 5.68. The van der Waals surface area contributed by atoms with Gasteiger partial charge in [0.25, 0.3) is 0 Å². The molecule has 2 unspecified atom stereocenters. The Hall–Kier alpha value is -1.30. The number of hydrogen-bond acceptors (Lipinski definition) is 2. The van der Waals surface area contributed by atoms with Crippen molar-refractivity contribution in [2.45, 2.75) is 26.8 Å². The zero-order chi connectivity index (χ0) is 13.7. The first-order chi connectivity index (χ1) is 9.19. The molecule has 0 bridgehead atoms. The Morgan fingerprint density at radius 3 is 2.58 bits per heavy atom. The second kappa shape index (κ2) is 6.75. The summed E-state index contributed by atoms with van der Waals surface area (Å²) in [5.74, 6) is 7.62. The average molecular weight is 256 g/mol. The molecule has 2 rings (SSSR count). The third-order valence-electron chi connectivity index (χ3n) is 4.11. The number of nitrogens with two attached hydrogens (primary N) is 1. The fourth-order valence-electron chi connectivity index (χ4n) is 2.60. The van der Waals surface area contributed by atoms with Crippen molar-refractivity contribution in [3.63, 3.8) is 0 Å². The lowest BCUT2D eigenvalue weighted by Gasteiger charge is -2.35. The van der Waals surface area contributed by atoms with Gasteiger partial charge in [-0.3, -0.25) is 4.90 Å². The van der Waals surface area contributed by atoms with Gasteiger partial charge in [-0.1, -0.05) is 37.8 Å². The molecule has 2 atom stereocenters. The van der Waals surface area contributed by atoms with Crippen molar-refractivity contribution in [2.24, 2.45) is 17.6 Å². The summed E-state index contributed by atoms with van der Waals surface area (Å²) in [6.07, 6.45) is 1.32. The van der Waals surface area contributed by atoms with Gasteiger partial charge in [-0.05, 0) is 42.5 Å². The van der Waals surface area contributed by atoms with Gasteiger partial charge in [0.1, 0.15) is 0 Å². The molecule has 0 aliphatic carbocycles. The van der Waals surface area contributed by atoms with Crippen LogP contribution in [0.4, 0.5) is 0 Å². The average Bonchev–Trinajstić information content (AvgIpc) is 2.42. The summed E-state index contributed by atoms with van der Waals surface area (Å²) in [5, 5.41) is 0. The molecule has 2 N–H and O–H groups in total.